The molecule has 0 bridgehead atoms. The fourth-order valence-electron chi connectivity index (χ4n) is 1.24. The molecule has 0 unspecified atom stereocenters. The Hall–Kier alpha value is -0.450. The predicted molar refractivity (Wildman–Crippen MR) is 63.9 cm³/mol. The second-order valence-corrected chi connectivity index (χ2v) is 4.71. The average molecular weight is 304 g/mol. The van der Waals surface area contributed by atoms with Crippen LogP contribution in [0.25, 0.3) is 0 Å². The predicted octanol–water partition coefficient (Wildman–Crippen LogP) is 3.09. The molecule has 3 heteroatoms. The van der Waals surface area contributed by atoms with Crippen molar-refractivity contribution in [3.8, 4) is 11.5 Å². The van der Waals surface area contributed by atoms with E-state index in [1.807, 2.05) is 18.2 Å². The van der Waals surface area contributed by atoms with Gasteiger partial charge in [0.2, 0.25) is 0 Å². The fourth-order valence-corrected chi connectivity index (χ4v) is 1.94. The summed E-state index contributed by atoms with van der Waals surface area (Å²) in [5, 5.41) is 0. The molecular weight excluding hydrogens is 291 g/mol. The highest BCUT2D eigenvalue weighted by molar-refractivity contribution is 14.1. The zero-order chi connectivity index (χ0) is 9.97. The van der Waals surface area contributed by atoms with Crippen molar-refractivity contribution in [2.45, 2.75) is 12.8 Å². The van der Waals surface area contributed by atoms with E-state index in [1.54, 1.807) is 7.11 Å². The van der Waals surface area contributed by atoms with Gasteiger partial charge in [0, 0.05) is 0 Å². The van der Waals surface area contributed by atoms with Crippen molar-refractivity contribution >= 4 is 22.6 Å². The van der Waals surface area contributed by atoms with Crippen LogP contribution in [0.2, 0.25) is 0 Å². The molecule has 76 valence electrons. The number of halogens is 1. The lowest BCUT2D eigenvalue weighted by Gasteiger charge is -2.07. The first-order chi connectivity index (χ1) is 6.79. The number of methoxy groups -OCH3 is 1. The molecule has 0 spiro atoms. The summed E-state index contributed by atoms with van der Waals surface area (Å²) in [6.45, 7) is 0.864. The number of benzene rings is 1. The third-order valence-corrected chi connectivity index (χ3v) is 3.15. The van der Waals surface area contributed by atoms with E-state index in [4.69, 9.17) is 9.47 Å². The summed E-state index contributed by atoms with van der Waals surface area (Å²) in [6, 6.07) is 5.93. The monoisotopic (exact) mass is 304 g/mol. The summed E-state index contributed by atoms with van der Waals surface area (Å²) >= 11 is 2.25. The van der Waals surface area contributed by atoms with Crippen LogP contribution in [0.4, 0.5) is 0 Å². The molecule has 2 nitrogen and oxygen atoms in total. The Balaban J connectivity index is 1.99. The first kappa shape index (κ1) is 10.1. The fraction of sp³-hybridized carbons (Fsp3) is 0.455. The molecule has 0 saturated heterocycles. The Morgan fingerprint density at radius 3 is 2.79 bits per heavy atom. The largest absolute Gasteiger partial charge is 0.496 e. The molecule has 1 saturated carbocycles. The van der Waals surface area contributed by atoms with Crippen LogP contribution >= 0.6 is 22.6 Å². The van der Waals surface area contributed by atoms with Crippen molar-refractivity contribution < 1.29 is 9.47 Å². The molecule has 0 heterocycles. The third-order valence-electron chi connectivity index (χ3n) is 2.31. The molecule has 0 aromatic heterocycles. The molecule has 14 heavy (non-hydrogen) atoms. The van der Waals surface area contributed by atoms with Gasteiger partial charge in [-0.05, 0) is 59.5 Å². The molecule has 0 atom stereocenters. The summed E-state index contributed by atoms with van der Waals surface area (Å²) in [4.78, 5) is 0. The van der Waals surface area contributed by atoms with Crippen LogP contribution in [0.5, 0.6) is 11.5 Å². The van der Waals surface area contributed by atoms with Gasteiger partial charge in [-0.25, -0.2) is 0 Å². The van der Waals surface area contributed by atoms with E-state index in [0.717, 1.165) is 27.6 Å². The molecule has 0 amide bonds. The minimum Gasteiger partial charge on any atom is -0.496 e. The lowest BCUT2D eigenvalue weighted by atomic mass is 10.3. The Bertz CT molecular complexity index is 321. The van der Waals surface area contributed by atoms with Crippen LogP contribution < -0.4 is 9.47 Å². The standard InChI is InChI=1S/C11H13IO2/c1-13-11-5-4-9(6-10(11)12)14-7-8-2-3-8/h4-6,8H,2-3,7H2,1H3. The molecule has 1 aliphatic carbocycles. The van der Waals surface area contributed by atoms with Gasteiger partial charge in [0.1, 0.15) is 11.5 Å². The van der Waals surface area contributed by atoms with Crippen molar-refractivity contribution in [3.63, 3.8) is 0 Å². The van der Waals surface area contributed by atoms with Crippen molar-refractivity contribution in [3.05, 3.63) is 21.8 Å². The van der Waals surface area contributed by atoms with Crippen LogP contribution in [0.15, 0.2) is 18.2 Å². The summed E-state index contributed by atoms with van der Waals surface area (Å²) in [5.41, 5.74) is 0. The van der Waals surface area contributed by atoms with Gasteiger partial charge in [0.05, 0.1) is 17.3 Å². The maximum Gasteiger partial charge on any atom is 0.132 e. The normalized spacial score (nSPS) is 15.3. The van der Waals surface area contributed by atoms with Gasteiger partial charge >= 0.3 is 0 Å². The van der Waals surface area contributed by atoms with E-state index in [0.29, 0.717) is 0 Å². The highest BCUT2D eigenvalue weighted by Crippen LogP contribution is 2.31. The number of hydrogen-bond donors (Lipinski definition) is 0. The molecule has 0 aliphatic heterocycles. The van der Waals surface area contributed by atoms with E-state index >= 15 is 0 Å². The smallest absolute Gasteiger partial charge is 0.132 e. The Morgan fingerprint density at radius 2 is 2.21 bits per heavy atom. The second kappa shape index (κ2) is 4.38. The number of rotatable bonds is 4. The lowest BCUT2D eigenvalue weighted by Crippen LogP contribution is -1.99. The lowest BCUT2D eigenvalue weighted by molar-refractivity contribution is 0.299. The Labute approximate surface area is 97.7 Å². The zero-order valence-electron chi connectivity index (χ0n) is 8.13. The second-order valence-electron chi connectivity index (χ2n) is 3.55. The van der Waals surface area contributed by atoms with Crippen LogP contribution in [0.3, 0.4) is 0 Å². The molecule has 1 aliphatic rings. The summed E-state index contributed by atoms with van der Waals surface area (Å²) in [7, 11) is 1.68. The van der Waals surface area contributed by atoms with Gasteiger partial charge in [0.15, 0.2) is 0 Å². The minimum atomic E-state index is 0.801. The van der Waals surface area contributed by atoms with E-state index in [9.17, 15) is 0 Å². The van der Waals surface area contributed by atoms with Crippen molar-refractivity contribution in [1.82, 2.24) is 0 Å². The summed E-state index contributed by atoms with van der Waals surface area (Å²) in [6.07, 6.45) is 2.65. The van der Waals surface area contributed by atoms with Crippen molar-refractivity contribution in [2.75, 3.05) is 13.7 Å². The Kier molecular flexibility index (Phi) is 3.15. The summed E-state index contributed by atoms with van der Waals surface area (Å²) < 4.78 is 11.9. The summed E-state index contributed by atoms with van der Waals surface area (Å²) in [5.74, 6) is 2.65. The quantitative estimate of drug-likeness (QED) is 0.796. The molecule has 1 aromatic carbocycles. The molecule has 2 rings (SSSR count). The average Bonchev–Trinajstić information content (AvgIpc) is 2.98. The van der Waals surface area contributed by atoms with Gasteiger partial charge in [0.25, 0.3) is 0 Å². The van der Waals surface area contributed by atoms with E-state index in [-0.39, 0.29) is 0 Å². The molecule has 0 radical (unpaired) electrons. The first-order valence-electron chi connectivity index (χ1n) is 4.76. The van der Waals surface area contributed by atoms with Crippen LogP contribution in [-0.4, -0.2) is 13.7 Å². The van der Waals surface area contributed by atoms with E-state index in [2.05, 4.69) is 22.6 Å². The van der Waals surface area contributed by atoms with Crippen LogP contribution in [0, 0.1) is 9.49 Å². The maximum absolute atomic E-state index is 5.65. The zero-order valence-corrected chi connectivity index (χ0v) is 10.3. The highest BCUT2D eigenvalue weighted by Gasteiger charge is 2.21. The maximum atomic E-state index is 5.65. The number of ether oxygens (including phenoxy) is 2. The molecular formula is C11H13IO2. The minimum absolute atomic E-state index is 0.801. The van der Waals surface area contributed by atoms with Gasteiger partial charge in [-0.2, -0.15) is 0 Å². The van der Waals surface area contributed by atoms with Gasteiger partial charge in [-0.1, -0.05) is 0 Å². The topological polar surface area (TPSA) is 18.5 Å². The highest BCUT2D eigenvalue weighted by atomic mass is 127. The van der Waals surface area contributed by atoms with Crippen molar-refractivity contribution in [2.24, 2.45) is 5.92 Å². The SMILES string of the molecule is COc1ccc(OCC2CC2)cc1I. The van der Waals surface area contributed by atoms with E-state index < -0.39 is 0 Å². The Morgan fingerprint density at radius 1 is 1.43 bits per heavy atom. The number of hydrogen-bond acceptors (Lipinski definition) is 2. The van der Waals surface area contributed by atoms with Gasteiger partial charge in [-0.3, -0.25) is 0 Å². The van der Waals surface area contributed by atoms with Crippen molar-refractivity contribution in [1.29, 1.82) is 0 Å². The van der Waals surface area contributed by atoms with Crippen LogP contribution in [0.1, 0.15) is 12.8 Å². The third kappa shape index (κ3) is 2.53. The molecule has 1 fully saturated rings. The molecule has 0 N–H and O–H groups in total. The van der Waals surface area contributed by atoms with E-state index in [1.165, 1.54) is 12.8 Å². The van der Waals surface area contributed by atoms with Gasteiger partial charge in [-0.15, -0.1) is 0 Å². The first-order valence-corrected chi connectivity index (χ1v) is 5.84. The molecule has 1 aromatic rings. The van der Waals surface area contributed by atoms with Gasteiger partial charge < -0.3 is 9.47 Å². The van der Waals surface area contributed by atoms with Crippen LogP contribution in [-0.2, 0) is 0 Å².